The van der Waals surface area contributed by atoms with E-state index < -0.39 is 5.97 Å². The summed E-state index contributed by atoms with van der Waals surface area (Å²) in [4.78, 5) is 25.8. The quantitative estimate of drug-likeness (QED) is 0.685. The van der Waals surface area contributed by atoms with Gasteiger partial charge in [0.1, 0.15) is 5.69 Å². The van der Waals surface area contributed by atoms with E-state index >= 15 is 0 Å². The molecule has 0 radical (unpaired) electrons. The van der Waals surface area contributed by atoms with Crippen molar-refractivity contribution in [1.29, 1.82) is 0 Å². The molecule has 0 spiro atoms. The summed E-state index contributed by atoms with van der Waals surface area (Å²) in [6.45, 7) is 10.1. The molecule has 0 unspecified atom stereocenters. The van der Waals surface area contributed by atoms with Crippen molar-refractivity contribution in [3.63, 3.8) is 0 Å². The number of carbonyl (C=O) groups excluding carboxylic acids is 1. The molecule has 1 aromatic heterocycles. The van der Waals surface area contributed by atoms with E-state index in [4.69, 9.17) is 5.11 Å². The van der Waals surface area contributed by atoms with Crippen LogP contribution in [0.1, 0.15) is 43.9 Å². The van der Waals surface area contributed by atoms with Crippen LogP contribution < -0.4 is 10.6 Å². The Morgan fingerprint density at radius 2 is 1.80 bits per heavy atom. The van der Waals surface area contributed by atoms with Crippen molar-refractivity contribution >= 4 is 17.7 Å². The van der Waals surface area contributed by atoms with E-state index in [2.05, 4.69) is 43.3 Å². The number of nitrogens with one attached hydrogen (secondary N) is 3. The summed E-state index contributed by atoms with van der Waals surface area (Å²) < 4.78 is 0. The summed E-state index contributed by atoms with van der Waals surface area (Å²) in [5, 5.41) is 14.5. The van der Waals surface area contributed by atoms with Gasteiger partial charge in [0.15, 0.2) is 0 Å². The van der Waals surface area contributed by atoms with Crippen LogP contribution in [0.5, 0.6) is 0 Å². The molecular formula is C14H21N3O3. The van der Waals surface area contributed by atoms with Crippen LogP contribution in [-0.4, -0.2) is 28.1 Å². The third-order valence-electron chi connectivity index (χ3n) is 4.71. The van der Waals surface area contributed by atoms with E-state index in [-0.39, 0.29) is 34.3 Å². The molecule has 0 aromatic carbocycles. The second-order valence-electron chi connectivity index (χ2n) is 6.52. The monoisotopic (exact) mass is 279 g/mol. The molecule has 1 aliphatic rings. The number of hydrogen-bond acceptors (Lipinski definition) is 2. The smallest absolute Gasteiger partial charge is 0.354 e. The van der Waals surface area contributed by atoms with Crippen LogP contribution in [0.15, 0.2) is 6.07 Å². The topological polar surface area (TPSA) is 94.2 Å². The van der Waals surface area contributed by atoms with Gasteiger partial charge in [0.25, 0.3) is 0 Å². The molecule has 0 atom stereocenters. The highest BCUT2D eigenvalue weighted by atomic mass is 16.4. The number of aryl methyl sites for hydroxylation is 1. The van der Waals surface area contributed by atoms with Gasteiger partial charge in [-0.3, -0.25) is 0 Å². The molecule has 1 aromatic rings. The first-order valence-corrected chi connectivity index (χ1v) is 6.58. The average molecular weight is 279 g/mol. The maximum Gasteiger partial charge on any atom is 0.354 e. The molecule has 2 rings (SSSR count). The highest BCUT2D eigenvalue weighted by Gasteiger charge is 2.65. The number of carbonyl (C=O) groups is 2. The number of anilines is 1. The van der Waals surface area contributed by atoms with Gasteiger partial charge in [-0.15, -0.1) is 0 Å². The first-order valence-electron chi connectivity index (χ1n) is 6.58. The molecule has 6 nitrogen and oxygen atoms in total. The number of rotatable bonds is 3. The van der Waals surface area contributed by atoms with Crippen LogP contribution in [0, 0.1) is 17.8 Å². The number of aromatic carboxylic acids is 1. The summed E-state index contributed by atoms with van der Waals surface area (Å²) in [6.07, 6.45) is 0. The zero-order valence-electron chi connectivity index (χ0n) is 12.4. The molecule has 20 heavy (non-hydrogen) atoms. The maximum absolute atomic E-state index is 12.0. The van der Waals surface area contributed by atoms with E-state index in [1.807, 2.05) is 0 Å². The number of H-pyrrole nitrogens is 1. The molecule has 1 aliphatic carbocycles. The van der Waals surface area contributed by atoms with E-state index in [1.165, 1.54) is 0 Å². The minimum atomic E-state index is -1.10. The number of carboxylic acid groups (broad SMARTS) is 1. The lowest BCUT2D eigenvalue weighted by Crippen LogP contribution is -2.34. The predicted octanol–water partition coefficient (Wildman–Crippen LogP) is 2.58. The Hall–Kier alpha value is -1.98. The van der Waals surface area contributed by atoms with Crippen molar-refractivity contribution in [2.45, 2.75) is 40.7 Å². The molecule has 0 bridgehead atoms. The van der Waals surface area contributed by atoms with E-state index in [1.54, 1.807) is 13.0 Å². The molecule has 6 heteroatoms. The van der Waals surface area contributed by atoms with Crippen LogP contribution >= 0.6 is 0 Å². The van der Waals surface area contributed by atoms with Gasteiger partial charge in [0.2, 0.25) is 0 Å². The number of hydrogen-bond donors (Lipinski definition) is 4. The molecule has 1 fully saturated rings. The molecule has 2 amide bonds. The van der Waals surface area contributed by atoms with Gasteiger partial charge in [0.05, 0.1) is 5.69 Å². The fraction of sp³-hybridized carbons (Fsp3) is 0.571. The third kappa shape index (κ3) is 2.15. The Kier molecular flexibility index (Phi) is 3.07. The zero-order valence-corrected chi connectivity index (χ0v) is 12.4. The zero-order chi connectivity index (χ0) is 15.3. The number of carboxylic acids is 1. The lowest BCUT2D eigenvalue weighted by molar-refractivity contribution is 0.0692. The van der Waals surface area contributed by atoms with Crippen LogP contribution in [0.4, 0.5) is 10.5 Å². The maximum atomic E-state index is 12.0. The van der Waals surface area contributed by atoms with E-state index in [0.29, 0.717) is 5.69 Å². The van der Waals surface area contributed by atoms with Crippen molar-refractivity contribution in [2.75, 3.05) is 5.32 Å². The lowest BCUT2D eigenvalue weighted by Gasteiger charge is -2.08. The van der Waals surface area contributed by atoms with Crippen LogP contribution in [0.25, 0.3) is 0 Å². The van der Waals surface area contributed by atoms with Crippen molar-refractivity contribution in [2.24, 2.45) is 10.8 Å². The Balaban J connectivity index is 2.05. The number of urea groups is 1. The van der Waals surface area contributed by atoms with Gasteiger partial charge in [0, 0.05) is 11.7 Å². The van der Waals surface area contributed by atoms with Gasteiger partial charge >= 0.3 is 12.0 Å². The van der Waals surface area contributed by atoms with Gasteiger partial charge in [-0.25, -0.2) is 9.59 Å². The molecular weight excluding hydrogens is 258 g/mol. The van der Waals surface area contributed by atoms with Gasteiger partial charge < -0.3 is 20.7 Å². The largest absolute Gasteiger partial charge is 0.477 e. The van der Waals surface area contributed by atoms with Gasteiger partial charge in [-0.05, 0) is 23.8 Å². The van der Waals surface area contributed by atoms with Crippen molar-refractivity contribution in [1.82, 2.24) is 10.3 Å². The highest BCUT2D eigenvalue weighted by molar-refractivity contribution is 5.99. The highest BCUT2D eigenvalue weighted by Crippen LogP contribution is 2.62. The molecule has 0 aliphatic heterocycles. The number of aromatic nitrogens is 1. The molecule has 110 valence electrons. The number of aromatic amines is 1. The lowest BCUT2D eigenvalue weighted by atomic mass is 10.0. The second kappa shape index (κ2) is 4.26. The van der Waals surface area contributed by atoms with Crippen molar-refractivity contribution in [3.8, 4) is 0 Å². The SMILES string of the molecule is Cc1cc(NC(=O)NC2C(C)(C)C2(C)C)c(C(=O)O)[nH]1. The normalized spacial score (nSPS) is 19.4. The number of amides is 2. The molecule has 1 heterocycles. The predicted molar refractivity (Wildman–Crippen MR) is 76.0 cm³/mol. The summed E-state index contributed by atoms with van der Waals surface area (Å²) in [5.41, 5.74) is 1.03. The summed E-state index contributed by atoms with van der Waals surface area (Å²) in [6, 6.07) is 1.30. The first kappa shape index (κ1) is 14.4. The Morgan fingerprint density at radius 3 is 2.25 bits per heavy atom. The van der Waals surface area contributed by atoms with Crippen molar-refractivity contribution in [3.05, 3.63) is 17.5 Å². The fourth-order valence-electron chi connectivity index (χ4n) is 2.70. The molecule has 4 N–H and O–H groups in total. The Labute approximate surface area is 118 Å². The standard InChI is InChI=1S/C14H21N3O3/c1-7-6-8(9(15-7)10(18)19)16-12(20)17-11-13(2,3)14(11,4)5/h6,11,15H,1-5H3,(H,18,19)(H2,16,17,20). The second-order valence-corrected chi connectivity index (χ2v) is 6.52. The van der Waals surface area contributed by atoms with E-state index in [9.17, 15) is 9.59 Å². The third-order valence-corrected chi connectivity index (χ3v) is 4.71. The summed E-state index contributed by atoms with van der Waals surface area (Å²) >= 11 is 0. The van der Waals surface area contributed by atoms with Crippen LogP contribution in [0.3, 0.4) is 0 Å². The van der Waals surface area contributed by atoms with E-state index in [0.717, 1.165) is 0 Å². The minimum absolute atomic E-state index is 0.00744. The summed E-state index contributed by atoms with van der Waals surface area (Å²) in [5.74, 6) is -1.10. The molecule has 0 saturated heterocycles. The Morgan fingerprint density at radius 1 is 1.25 bits per heavy atom. The van der Waals surface area contributed by atoms with Gasteiger partial charge in [-0.2, -0.15) is 0 Å². The minimum Gasteiger partial charge on any atom is -0.477 e. The Bertz CT molecular complexity index is 558. The van der Waals surface area contributed by atoms with Crippen molar-refractivity contribution < 1.29 is 14.7 Å². The van der Waals surface area contributed by atoms with Crippen LogP contribution in [0.2, 0.25) is 0 Å². The molecule has 1 saturated carbocycles. The van der Waals surface area contributed by atoms with Crippen LogP contribution in [-0.2, 0) is 0 Å². The fourth-order valence-corrected chi connectivity index (χ4v) is 2.70. The summed E-state index contributed by atoms with van der Waals surface area (Å²) in [7, 11) is 0. The first-order chi connectivity index (χ1) is 9.07. The average Bonchev–Trinajstić information content (AvgIpc) is 2.62. The van der Waals surface area contributed by atoms with Gasteiger partial charge in [-0.1, -0.05) is 27.7 Å².